The van der Waals surface area contributed by atoms with Crippen LogP contribution in [-0.4, -0.2) is 32.3 Å². The molecule has 0 bridgehead atoms. The lowest BCUT2D eigenvalue weighted by molar-refractivity contribution is 0.376. The number of allylic oxidation sites excluding steroid dienone is 2. The van der Waals surface area contributed by atoms with Gasteiger partial charge in [0.25, 0.3) is 0 Å². The average molecular weight is 387 g/mol. The summed E-state index contributed by atoms with van der Waals surface area (Å²) in [5, 5.41) is 2.02. The van der Waals surface area contributed by atoms with Gasteiger partial charge in [-0.15, -0.1) is 0 Å². The predicted molar refractivity (Wildman–Crippen MR) is 120 cm³/mol. The Morgan fingerprint density at radius 3 is 1.52 bits per heavy atom. The Labute approximate surface area is 150 Å². The predicted octanol–water partition coefficient (Wildman–Crippen LogP) is 7.20. The van der Waals surface area contributed by atoms with E-state index in [9.17, 15) is 0 Å². The quantitative estimate of drug-likeness (QED) is 0.316. The Kier molecular flexibility index (Phi) is 8.07. The third-order valence-electron chi connectivity index (χ3n) is 3.97. The first kappa shape index (κ1) is 23.1. The highest BCUT2D eigenvalue weighted by Crippen LogP contribution is 2.33. The zero-order valence-electron chi connectivity index (χ0n) is 17.9. The maximum Gasteiger partial charge on any atom is 0.122 e. The fourth-order valence-corrected chi connectivity index (χ4v) is 16.8. The van der Waals surface area contributed by atoms with Gasteiger partial charge in [0.1, 0.15) is 8.07 Å². The van der Waals surface area contributed by atoms with Crippen molar-refractivity contribution in [1.82, 2.24) is 0 Å². The molecule has 0 aliphatic heterocycles. The molecule has 0 aliphatic carbocycles. The second-order valence-corrected chi connectivity index (χ2v) is 33.0. The molecule has 0 atom stereocenters. The smallest absolute Gasteiger partial charge is 0.122 e. The maximum atomic E-state index is 6.23. The summed E-state index contributed by atoms with van der Waals surface area (Å²) in [6.45, 7) is 29.3. The van der Waals surface area contributed by atoms with Crippen molar-refractivity contribution < 1.29 is 4.74 Å². The van der Waals surface area contributed by atoms with E-state index < -0.39 is 32.3 Å². The second kappa shape index (κ2) is 8.02. The minimum Gasteiger partial charge on any atom is -0.475 e. The van der Waals surface area contributed by atoms with Gasteiger partial charge in [-0.3, -0.25) is 0 Å². The summed E-state index contributed by atoms with van der Waals surface area (Å²) in [7, 11) is -4.87. The zero-order chi connectivity index (χ0) is 18.7. The lowest BCUT2D eigenvalue weighted by Crippen LogP contribution is -2.42. The van der Waals surface area contributed by atoms with E-state index in [1.165, 1.54) is 11.4 Å². The third kappa shape index (κ3) is 9.89. The molecule has 0 amide bonds. The van der Waals surface area contributed by atoms with Gasteiger partial charge in [-0.05, 0) is 11.2 Å². The Morgan fingerprint density at radius 2 is 1.22 bits per heavy atom. The van der Waals surface area contributed by atoms with E-state index in [1.54, 1.807) is 0 Å². The molecule has 0 rings (SSSR count). The molecule has 136 valence electrons. The fourth-order valence-electron chi connectivity index (χ4n) is 3.00. The van der Waals surface area contributed by atoms with E-state index in [4.69, 9.17) is 4.74 Å². The summed E-state index contributed by atoms with van der Waals surface area (Å²) in [4.78, 5) is 0. The van der Waals surface area contributed by atoms with Gasteiger partial charge in [0.05, 0.1) is 11.6 Å². The summed E-state index contributed by atoms with van der Waals surface area (Å²) >= 11 is 0. The molecule has 0 aliphatic rings. The Hall–Kier alpha value is 0.148. The number of rotatable bonds is 8. The Morgan fingerprint density at radius 1 is 0.783 bits per heavy atom. The standard InChI is InChI=1S/C18H42OSi4/c1-20(2,3)16-14-17(21(4,5)6)19-15-13-18(22(7,8)9)23(10,11)12/h13-15,18H,16H2,1-12H3/b15-13+,17-14-. The summed E-state index contributed by atoms with van der Waals surface area (Å²) < 4.78 is 6.23. The van der Waals surface area contributed by atoms with Gasteiger partial charge in [-0.2, -0.15) is 0 Å². The molecule has 0 aromatic rings. The van der Waals surface area contributed by atoms with Crippen molar-refractivity contribution >= 4 is 32.3 Å². The molecular formula is C18H42OSi4. The van der Waals surface area contributed by atoms with E-state index in [2.05, 4.69) is 90.7 Å². The van der Waals surface area contributed by atoms with Gasteiger partial charge in [0, 0.05) is 24.2 Å². The molecule has 0 heterocycles. The van der Waals surface area contributed by atoms with Crippen LogP contribution in [0.3, 0.4) is 0 Å². The van der Waals surface area contributed by atoms with Gasteiger partial charge >= 0.3 is 0 Å². The zero-order valence-corrected chi connectivity index (χ0v) is 21.9. The van der Waals surface area contributed by atoms with E-state index in [0.29, 0.717) is 0 Å². The summed E-state index contributed by atoms with van der Waals surface area (Å²) in [5.74, 6) is 0. The minimum atomic E-state index is -1.42. The van der Waals surface area contributed by atoms with Gasteiger partial charge in [0.15, 0.2) is 0 Å². The molecule has 0 fully saturated rings. The average Bonchev–Trinajstić information content (AvgIpc) is 2.20. The molecule has 0 aromatic heterocycles. The van der Waals surface area contributed by atoms with Crippen LogP contribution in [0.2, 0.25) is 89.8 Å². The largest absolute Gasteiger partial charge is 0.475 e. The molecular weight excluding hydrogens is 345 g/mol. The van der Waals surface area contributed by atoms with Crippen LogP contribution in [0.15, 0.2) is 23.8 Å². The molecule has 0 N–H and O–H groups in total. The van der Waals surface area contributed by atoms with Crippen LogP contribution in [0.25, 0.3) is 0 Å². The van der Waals surface area contributed by atoms with Crippen molar-refractivity contribution in [2.24, 2.45) is 0 Å². The first-order chi connectivity index (χ1) is 9.94. The number of ether oxygens (including phenoxy) is 1. The highest BCUT2D eigenvalue weighted by atomic mass is 28.4. The van der Waals surface area contributed by atoms with E-state index in [-0.39, 0.29) is 0 Å². The van der Waals surface area contributed by atoms with E-state index in [1.807, 2.05) is 6.26 Å². The number of hydrogen-bond acceptors (Lipinski definition) is 1. The molecule has 23 heavy (non-hydrogen) atoms. The molecule has 0 aromatic carbocycles. The monoisotopic (exact) mass is 386 g/mol. The summed E-state index contributed by atoms with van der Waals surface area (Å²) in [5.41, 5.74) is 0. The van der Waals surface area contributed by atoms with Crippen LogP contribution in [0.5, 0.6) is 0 Å². The van der Waals surface area contributed by atoms with E-state index >= 15 is 0 Å². The molecule has 1 nitrogen and oxygen atoms in total. The topological polar surface area (TPSA) is 9.23 Å². The fraction of sp³-hybridized carbons (Fsp3) is 0.778. The second-order valence-electron chi connectivity index (χ2n) is 11.2. The lowest BCUT2D eigenvalue weighted by Gasteiger charge is -2.36. The molecule has 0 saturated heterocycles. The first-order valence-corrected chi connectivity index (χ1v) is 23.3. The summed E-state index contributed by atoms with van der Waals surface area (Å²) in [6, 6.07) is 1.21. The summed E-state index contributed by atoms with van der Waals surface area (Å²) in [6.07, 6.45) is 6.84. The van der Waals surface area contributed by atoms with E-state index in [0.717, 1.165) is 5.16 Å². The Balaban J connectivity index is 5.25. The van der Waals surface area contributed by atoms with Gasteiger partial charge in [-0.25, -0.2) is 0 Å². The minimum absolute atomic E-state index is 0.759. The van der Waals surface area contributed by atoms with Crippen molar-refractivity contribution in [2.45, 2.75) is 89.8 Å². The van der Waals surface area contributed by atoms with Crippen LogP contribution < -0.4 is 0 Å². The SMILES string of the molecule is C[Si](C)(C)C/C=C(/O/C=C/C([Si](C)(C)C)[Si](C)(C)C)[Si](C)(C)C. The van der Waals surface area contributed by atoms with Crippen molar-refractivity contribution in [3.63, 3.8) is 0 Å². The molecule has 0 saturated carbocycles. The van der Waals surface area contributed by atoms with Gasteiger partial charge in [0.2, 0.25) is 0 Å². The molecule has 0 radical (unpaired) electrons. The molecule has 0 spiro atoms. The van der Waals surface area contributed by atoms with Crippen molar-refractivity contribution in [1.29, 1.82) is 0 Å². The first-order valence-electron chi connectivity index (χ1n) is 8.98. The van der Waals surface area contributed by atoms with Crippen LogP contribution in [-0.2, 0) is 4.74 Å². The van der Waals surface area contributed by atoms with Crippen molar-refractivity contribution in [2.75, 3.05) is 0 Å². The van der Waals surface area contributed by atoms with Crippen LogP contribution in [0.1, 0.15) is 0 Å². The van der Waals surface area contributed by atoms with Crippen LogP contribution >= 0.6 is 0 Å². The third-order valence-corrected chi connectivity index (χ3v) is 16.5. The van der Waals surface area contributed by atoms with Gasteiger partial charge in [-0.1, -0.05) is 90.7 Å². The highest BCUT2D eigenvalue weighted by molar-refractivity contribution is 6.97. The number of hydrogen-bond donors (Lipinski definition) is 0. The van der Waals surface area contributed by atoms with Crippen molar-refractivity contribution in [3.8, 4) is 0 Å². The lowest BCUT2D eigenvalue weighted by atomic mass is 10.7. The van der Waals surface area contributed by atoms with Crippen LogP contribution in [0.4, 0.5) is 0 Å². The molecule has 5 heteroatoms. The van der Waals surface area contributed by atoms with Gasteiger partial charge < -0.3 is 4.74 Å². The molecule has 0 unspecified atom stereocenters. The normalized spacial score (nSPS) is 15.6. The Bertz CT molecular complexity index is 412. The highest BCUT2D eigenvalue weighted by Gasteiger charge is 2.35. The van der Waals surface area contributed by atoms with Crippen molar-refractivity contribution in [3.05, 3.63) is 23.8 Å². The van der Waals surface area contributed by atoms with Crippen LogP contribution in [0, 0.1) is 0 Å². The maximum absolute atomic E-state index is 6.23.